The first kappa shape index (κ1) is 20.3. The van der Waals surface area contributed by atoms with Gasteiger partial charge in [0.25, 0.3) is 0 Å². The van der Waals surface area contributed by atoms with Crippen molar-refractivity contribution in [1.29, 1.82) is 0 Å². The van der Waals surface area contributed by atoms with Gasteiger partial charge < -0.3 is 9.26 Å². The highest BCUT2D eigenvalue weighted by atomic mass is 19.1. The number of piperidine rings is 1. The molecular formula is C24H27FN4O2. The summed E-state index contributed by atoms with van der Waals surface area (Å²) in [6.07, 6.45) is 8.30. The Morgan fingerprint density at radius 1 is 1.16 bits per heavy atom. The van der Waals surface area contributed by atoms with E-state index in [9.17, 15) is 4.39 Å². The summed E-state index contributed by atoms with van der Waals surface area (Å²) in [6.45, 7) is 3.50. The van der Waals surface area contributed by atoms with E-state index in [2.05, 4.69) is 20.0 Å². The number of halogens is 1. The highest BCUT2D eigenvalue weighted by molar-refractivity contribution is 5.51. The Balaban J connectivity index is 1.17. The van der Waals surface area contributed by atoms with Crippen molar-refractivity contribution >= 4 is 0 Å². The number of nitrogens with zero attached hydrogens (tertiary/aromatic N) is 4. The van der Waals surface area contributed by atoms with Crippen molar-refractivity contribution < 1.29 is 13.7 Å². The number of benzene rings is 1. The number of aromatic nitrogens is 3. The van der Waals surface area contributed by atoms with E-state index in [0.29, 0.717) is 17.6 Å². The van der Waals surface area contributed by atoms with Gasteiger partial charge >= 0.3 is 0 Å². The van der Waals surface area contributed by atoms with E-state index < -0.39 is 0 Å². The summed E-state index contributed by atoms with van der Waals surface area (Å²) in [6, 6.07) is 10.7. The summed E-state index contributed by atoms with van der Waals surface area (Å²) in [5, 5.41) is 4.12. The minimum atomic E-state index is -0.169. The lowest BCUT2D eigenvalue weighted by molar-refractivity contribution is -0.128. The number of hydrogen-bond acceptors (Lipinski definition) is 6. The molecule has 6 nitrogen and oxygen atoms in total. The molecule has 0 N–H and O–H groups in total. The van der Waals surface area contributed by atoms with Gasteiger partial charge in [-0.05, 0) is 61.4 Å². The van der Waals surface area contributed by atoms with Crippen molar-refractivity contribution in [1.82, 2.24) is 20.0 Å². The molecule has 162 valence electrons. The monoisotopic (exact) mass is 422 g/mol. The molecule has 1 aromatic carbocycles. The Morgan fingerprint density at radius 3 is 2.87 bits per heavy atom. The molecule has 2 fully saturated rings. The van der Waals surface area contributed by atoms with E-state index in [1.54, 1.807) is 24.5 Å². The highest BCUT2D eigenvalue weighted by Gasteiger charge is 2.40. The van der Waals surface area contributed by atoms with Crippen LogP contribution in [0.1, 0.15) is 37.1 Å². The normalized spacial score (nSPS) is 21.4. The molecule has 2 aromatic heterocycles. The molecule has 0 aliphatic carbocycles. The second kappa shape index (κ2) is 8.85. The zero-order chi connectivity index (χ0) is 21.1. The van der Waals surface area contributed by atoms with Gasteiger partial charge in [0.1, 0.15) is 5.82 Å². The van der Waals surface area contributed by atoms with Crippen LogP contribution in [0.3, 0.4) is 0 Å². The number of likely N-dealkylation sites (tertiary alicyclic amines) is 1. The first-order valence-corrected chi connectivity index (χ1v) is 11.0. The number of pyridine rings is 1. The fraction of sp³-hybridized carbons (Fsp3) is 0.458. The van der Waals surface area contributed by atoms with E-state index >= 15 is 0 Å². The summed E-state index contributed by atoms with van der Waals surface area (Å²) in [5.74, 6) is 1.59. The van der Waals surface area contributed by atoms with E-state index in [4.69, 9.17) is 9.26 Å². The number of rotatable bonds is 5. The van der Waals surface area contributed by atoms with Gasteiger partial charge in [-0.3, -0.25) is 9.88 Å². The maximum atomic E-state index is 13.5. The Kier molecular flexibility index (Phi) is 5.78. The minimum absolute atomic E-state index is 0.0619. The molecule has 0 amide bonds. The molecule has 2 saturated heterocycles. The van der Waals surface area contributed by atoms with E-state index in [1.165, 1.54) is 6.07 Å². The summed E-state index contributed by atoms with van der Waals surface area (Å²) in [5.41, 5.74) is 1.83. The first-order chi connectivity index (χ1) is 15.2. The zero-order valence-electron chi connectivity index (χ0n) is 17.5. The van der Waals surface area contributed by atoms with Crippen LogP contribution in [0, 0.1) is 11.7 Å². The second-order valence-electron chi connectivity index (χ2n) is 8.75. The van der Waals surface area contributed by atoms with Gasteiger partial charge in [-0.2, -0.15) is 4.98 Å². The smallest absolute Gasteiger partial charge is 0.227 e. The zero-order valence-corrected chi connectivity index (χ0v) is 17.5. The minimum Gasteiger partial charge on any atom is -0.375 e. The van der Waals surface area contributed by atoms with E-state index in [1.807, 2.05) is 18.2 Å². The molecule has 2 aliphatic heterocycles. The van der Waals surface area contributed by atoms with Crippen LogP contribution >= 0.6 is 0 Å². The van der Waals surface area contributed by atoms with Gasteiger partial charge in [0.2, 0.25) is 11.7 Å². The molecule has 31 heavy (non-hydrogen) atoms. The average molecular weight is 423 g/mol. The third kappa shape index (κ3) is 4.83. The van der Waals surface area contributed by atoms with Crippen LogP contribution in [0.15, 0.2) is 53.3 Å². The molecule has 3 aromatic rings. The van der Waals surface area contributed by atoms with E-state index in [-0.39, 0.29) is 11.4 Å². The Hall–Kier alpha value is -2.64. The van der Waals surface area contributed by atoms with Crippen LogP contribution in [-0.4, -0.2) is 45.3 Å². The topological polar surface area (TPSA) is 64.3 Å². The van der Waals surface area contributed by atoms with Gasteiger partial charge in [-0.1, -0.05) is 17.3 Å². The lowest BCUT2D eigenvalue weighted by Crippen LogP contribution is -2.49. The predicted octanol–water partition coefficient (Wildman–Crippen LogP) is 4.27. The molecule has 2 aliphatic rings. The SMILES string of the molecule is Fc1cccc(CN2CCC3(CC2)CC(Cc2nc(-c4cccnc4)no2)CCO3)c1. The van der Waals surface area contributed by atoms with Crippen LogP contribution < -0.4 is 0 Å². The molecule has 0 saturated carbocycles. The summed E-state index contributed by atoms with van der Waals surface area (Å²) in [4.78, 5) is 11.1. The van der Waals surface area contributed by atoms with Crippen LogP contribution in [0.5, 0.6) is 0 Å². The molecule has 7 heteroatoms. The Labute approximate surface area is 181 Å². The maximum absolute atomic E-state index is 13.5. The maximum Gasteiger partial charge on any atom is 0.227 e. The fourth-order valence-corrected chi connectivity index (χ4v) is 4.86. The molecule has 1 unspecified atom stereocenters. The van der Waals surface area contributed by atoms with Crippen LogP contribution in [-0.2, 0) is 17.7 Å². The number of hydrogen-bond donors (Lipinski definition) is 0. The fourth-order valence-electron chi connectivity index (χ4n) is 4.86. The first-order valence-electron chi connectivity index (χ1n) is 11.0. The van der Waals surface area contributed by atoms with Gasteiger partial charge in [0, 0.05) is 50.6 Å². The van der Waals surface area contributed by atoms with Crippen molar-refractivity contribution in [2.24, 2.45) is 5.92 Å². The second-order valence-corrected chi connectivity index (χ2v) is 8.75. The molecular weight excluding hydrogens is 395 g/mol. The molecule has 5 rings (SSSR count). The Morgan fingerprint density at radius 2 is 2.06 bits per heavy atom. The summed E-state index contributed by atoms with van der Waals surface area (Å²) >= 11 is 0. The largest absolute Gasteiger partial charge is 0.375 e. The van der Waals surface area contributed by atoms with E-state index in [0.717, 1.165) is 69.5 Å². The number of ether oxygens (including phenoxy) is 1. The van der Waals surface area contributed by atoms with Gasteiger partial charge in [-0.25, -0.2) is 4.39 Å². The predicted molar refractivity (Wildman–Crippen MR) is 114 cm³/mol. The van der Waals surface area contributed by atoms with Crippen LogP contribution in [0.2, 0.25) is 0 Å². The van der Waals surface area contributed by atoms with Gasteiger partial charge in [0.15, 0.2) is 0 Å². The molecule has 1 atom stereocenters. The van der Waals surface area contributed by atoms with Crippen LogP contribution in [0.25, 0.3) is 11.4 Å². The summed E-state index contributed by atoms with van der Waals surface area (Å²) < 4.78 is 25.3. The van der Waals surface area contributed by atoms with Gasteiger partial charge in [0.05, 0.1) is 5.60 Å². The van der Waals surface area contributed by atoms with Crippen molar-refractivity contribution in [2.45, 2.75) is 44.2 Å². The Bertz CT molecular complexity index is 1000. The molecule has 4 heterocycles. The lowest BCUT2D eigenvalue weighted by atomic mass is 9.78. The van der Waals surface area contributed by atoms with Crippen molar-refractivity contribution in [3.8, 4) is 11.4 Å². The van der Waals surface area contributed by atoms with Crippen molar-refractivity contribution in [2.75, 3.05) is 19.7 Å². The highest BCUT2D eigenvalue weighted by Crippen LogP contribution is 2.39. The third-order valence-corrected chi connectivity index (χ3v) is 6.51. The molecule has 0 bridgehead atoms. The standard InChI is InChI=1S/C24H27FN4O2/c25-21-5-1-3-19(13-21)17-29-10-7-24(8-11-29)15-18(6-12-30-24)14-22-27-23(28-31-22)20-4-2-9-26-16-20/h1-5,9,13,16,18H,6-8,10-12,14-15,17H2. The molecule has 1 spiro atoms. The third-order valence-electron chi connectivity index (χ3n) is 6.51. The van der Waals surface area contributed by atoms with Crippen LogP contribution in [0.4, 0.5) is 4.39 Å². The quantitative estimate of drug-likeness (QED) is 0.612. The lowest BCUT2D eigenvalue weighted by Gasteiger charge is -2.46. The van der Waals surface area contributed by atoms with Crippen molar-refractivity contribution in [3.05, 3.63) is 66.1 Å². The molecule has 0 radical (unpaired) electrons. The van der Waals surface area contributed by atoms with Crippen molar-refractivity contribution in [3.63, 3.8) is 0 Å². The summed E-state index contributed by atoms with van der Waals surface area (Å²) in [7, 11) is 0. The van der Waals surface area contributed by atoms with Gasteiger partial charge in [-0.15, -0.1) is 0 Å². The average Bonchev–Trinajstić information content (AvgIpc) is 3.25.